The van der Waals surface area contributed by atoms with E-state index in [0.717, 1.165) is 44.9 Å². The topological polar surface area (TPSA) is 149 Å². The van der Waals surface area contributed by atoms with Crippen molar-refractivity contribution in [2.45, 2.75) is 391 Å². The number of allylic oxidation sites excluding steroid dienone is 7. The monoisotopic (exact) mass is 1140 g/mol. The molecule has 81 heavy (non-hydrogen) atoms. The summed E-state index contributed by atoms with van der Waals surface area (Å²) in [4.78, 5) is 13.1. The highest BCUT2D eigenvalue weighted by atomic mass is 16.7. The molecule has 0 bridgehead atoms. The van der Waals surface area contributed by atoms with Gasteiger partial charge in [-0.25, -0.2) is 0 Å². The van der Waals surface area contributed by atoms with Crippen LogP contribution in [0, 0.1) is 0 Å². The molecule has 0 aromatic heterocycles. The molecule has 1 rings (SSSR count). The Balaban J connectivity index is 2.14. The number of amides is 1. The molecule has 1 saturated heterocycles. The number of carbonyl (C=O) groups excluding carboxylic acids is 1. The molecule has 1 heterocycles. The standard InChI is InChI=1S/C72H135NO8/c1-3-5-7-9-11-13-15-17-19-21-23-25-27-29-30-31-32-33-34-35-36-38-40-42-44-46-48-50-52-54-56-58-60-62-68(76)73-65(64-80-72-71(79)70(78)69(77)67(63-74)81-72)66(75)61-59-57-55-53-51-49-47-45-43-41-39-37-28-26-24-22-20-18-16-14-12-10-8-6-4-2/h21,23,43,45,51,53,59,61,65-67,69-72,74-75,77-79H,3-20,22,24-42,44,46-50,52,54-58,60,62-64H2,1-2H3,(H,73,76)/b23-21-,45-43+,53-51+,61-59+. The minimum Gasteiger partial charge on any atom is -0.394 e. The summed E-state index contributed by atoms with van der Waals surface area (Å²) < 4.78 is 11.3. The highest BCUT2D eigenvalue weighted by Gasteiger charge is 2.44. The number of rotatable bonds is 62. The lowest BCUT2D eigenvalue weighted by molar-refractivity contribution is -0.302. The molecule has 0 spiro atoms. The minimum atomic E-state index is -1.58. The Hall–Kier alpha value is -1.85. The van der Waals surface area contributed by atoms with Crippen LogP contribution in [-0.4, -0.2) is 87.5 Å². The number of unbranched alkanes of at least 4 members (excludes halogenated alkanes) is 46. The van der Waals surface area contributed by atoms with Crippen molar-refractivity contribution in [2.24, 2.45) is 0 Å². The number of nitrogens with one attached hydrogen (secondary N) is 1. The zero-order valence-corrected chi connectivity index (χ0v) is 53.3. The molecule has 6 N–H and O–H groups in total. The summed E-state index contributed by atoms with van der Waals surface area (Å²) >= 11 is 0. The number of hydrogen-bond donors (Lipinski definition) is 6. The van der Waals surface area contributed by atoms with E-state index in [0.29, 0.717) is 6.42 Å². The summed E-state index contributed by atoms with van der Waals surface area (Å²) in [7, 11) is 0. The van der Waals surface area contributed by atoms with Gasteiger partial charge >= 0.3 is 0 Å². The van der Waals surface area contributed by atoms with Gasteiger partial charge in [0.2, 0.25) is 5.91 Å². The van der Waals surface area contributed by atoms with E-state index in [2.05, 4.69) is 55.6 Å². The maximum Gasteiger partial charge on any atom is 0.220 e. The van der Waals surface area contributed by atoms with Crippen molar-refractivity contribution < 1.29 is 39.8 Å². The van der Waals surface area contributed by atoms with E-state index in [1.54, 1.807) is 6.08 Å². The van der Waals surface area contributed by atoms with Gasteiger partial charge in [0.05, 0.1) is 25.4 Å². The Morgan fingerprint density at radius 3 is 1.04 bits per heavy atom. The number of carbonyl (C=O) groups is 1. The van der Waals surface area contributed by atoms with Gasteiger partial charge in [0.25, 0.3) is 0 Å². The van der Waals surface area contributed by atoms with Crippen LogP contribution in [-0.2, 0) is 14.3 Å². The van der Waals surface area contributed by atoms with Crippen molar-refractivity contribution in [2.75, 3.05) is 13.2 Å². The van der Waals surface area contributed by atoms with Crippen LogP contribution in [0.4, 0.5) is 0 Å². The second-order valence-electron chi connectivity index (χ2n) is 24.7. The predicted octanol–water partition coefficient (Wildman–Crippen LogP) is 19.2. The van der Waals surface area contributed by atoms with E-state index < -0.39 is 49.5 Å². The van der Waals surface area contributed by atoms with Gasteiger partial charge in [0, 0.05) is 6.42 Å². The molecular formula is C72H135NO8. The normalized spacial score (nSPS) is 18.6. The SMILES string of the molecule is CCCCCCCCCC/C=C\CCCCCCCCCCCCCCCCCCCCCCCC(=O)NC(COC1OC(CO)C(O)C(O)C1O)C(O)/C=C/CC/C=C/CC/C=C/CCCCCCCCCCCCCCCCC. The maximum atomic E-state index is 13.1. The van der Waals surface area contributed by atoms with Gasteiger partial charge in [-0.05, 0) is 70.6 Å². The number of aliphatic hydroxyl groups excluding tert-OH is 5. The van der Waals surface area contributed by atoms with Crippen molar-refractivity contribution in [3.05, 3.63) is 48.6 Å². The van der Waals surface area contributed by atoms with Crippen LogP contribution < -0.4 is 5.32 Å². The number of ether oxygens (including phenoxy) is 2. The molecular weight excluding hydrogens is 1010 g/mol. The molecule has 0 aromatic rings. The molecule has 9 nitrogen and oxygen atoms in total. The van der Waals surface area contributed by atoms with Crippen molar-refractivity contribution >= 4 is 5.91 Å². The van der Waals surface area contributed by atoms with Gasteiger partial charge < -0.3 is 40.3 Å². The quantitative estimate of drug-likeness (QED) is 0.0261. The second kappa shape index (κ2) is 61.2. The molecule has 0 radical (unpaired) electrons. The van der Waals surface area contributed by atoms with Crippen LogP contribution in [0.25, 0.3) is 0 Å². The smallest absolute Gasteiger partial charge is 0.220 e. The Labute approximate surface area is 501 Å². The Kier molecular flexibility index (Phi) is 58.3. The molecule has 476 valence electrons. The minimum absolute atomic E-state index is 0.185. The number of aliphatic hydroxyl groups is 5. The first-order chi connectivity index (χ1) is 39.8. The summed E-state index contributed by atoms with van der Waals surface area (Å²) in [5, 5.41) is 54.7. The van der Waals surface area contributed by atoms with Crippen LogP contribution in [0.2, 0.25) is 0 Å². The molecule has 1 amide bonds. The zero-order chi connectivity index (χ0) is 58.6. The largest absolute Gasteiger partial charge is 0.394 e. The fraction of sp³-hybridized carbons (Fsp3) is 0.875. The summed E-state index contributed by atoms with van der Waals surface area (Å²) in [6.07, 6.45) is 76.6. The second-order valence-corrected chi connectivity index (χ2v) is 24.7. The van der Waals surface area contributed by atoms with E-state index in [-0.39, 0.29) is 12.5 Å². The lowest BCUT2D eigenvalue weighted by Gasteiger charge is -2.40. The first kappa shape index (κ1) is 77.2. The van der Waals surface area contributed by atoms with Crippen LogP contribution in [0.1, 0.15) is 348 Å². The average Bonchev–Trinajstić information content (AvgIpc) is 3.50. The average molecular weight is 1140 g/mol. The van der Waals surface area contributed by atoms with Crippen LogP contribution >= 0.6 is 0 Å². The van der Waals surface area contributed by atoms with E-state index in [4.69, 9.17) is 9.47 Å². The van der Waals surface area contributed by atoms with E-state index in [1.165, 1.54) is 283 Å². The number of hydrogen-bond acceptors (Lipinski definition) is 8. The van der Waals surface area contributed by atoms with E-state index >= 15 is 0 Å². The van der Waals surface area contributed by atoms with Crippen molar-refractivity contribution in [1.29, 1.82) is 0 Å². The van der Waals surface area contributed by atoms with Gasteiger partial charge in [-0.3, -0.25) is 4.79 Å². The molecule has 1 aliphatic heterocycles. The molecule has 7 atom stereocenters. The van der Waals surface area contributed by atoms with Gasteiger partial charge in [-0.1, -0.05) is 319 Å². The fourth-order valence-corrected chi connectivity index (χ4v) is 11.3. The van der Waals surface area contributed by atoms with Crippen LogP contribution in [0.15, 0.2) is 48.6 Å². The van der Waals surface area contributed by atoms with Crippen LogP contribution in [0.3, 0.4) is 0 Å². The fourth-order valence-electron chi connectivity index (χ4n) is 11.3. The molecule has 0 aliphatic carbocycles. The third-order valence-electron chi connectivity index (χ3n) is 16.9. The third-order valence-corrected chi connectivity index (χ3v) is 16.9. The van der Waals surface area contributed by atoms with Gasteiger partial charge in [-0.15, -0.1) is 0 Å². The zero-order valence-electron chi connectivity index (χ0n) is 53.3. The molecule has 9 heteroatoms. The molecule has 7 unspecified atom stereocenters. The molecule has 0 saturated carbocycles. The highest BCUT2D eigenvalue weighted by Crippen LogP contribution is 2.23. The molecule has 1 fully saturated rings. The summed E-state index contributed by atoms with van der Waals surface area (Å²) in [6, 6.07) is -0.829. The van der Waals surface area contributed by atoms with E-state index in [9.17, 15) is 30.3 Å². The first-order valence-electron chi connectivity index (χ1n) is 35.4. The summed E-state index contributed by atoms with van der Waals surface area (Å²) in [5.41, 5.74) is 0. The van der Waals surface area contributed by atoms with Gasteiger partial charge in [0.15, 0.2) is 6.29 Å². The maximum absolute atomic E-state index is 13.1. The lowest BCUT2D eigenvalue weighted by atomic mass is 9.99. The van der Waals surface area contributed by atoms with E-state index in [1.807, 2.05) is 6.08 Å². The van der Waals surface area contributed by atoms with Crippen LogP contribution in [0.5, 0.6) is 0 Å². The first-order valence-corrected chi connectivity index (χ1v) is 35.4. The Morgan fingerprint density at radius 2 is 0.704 bits per heavy atom. The highest BCUT2D eigenvalue weighted by molar-refractivity contribution is 5.76. The van der Waals surface area contributed by atoms with Crippen molar-refractivity contribution in [1.82, 2.24) is 5.32 Å². The Bertz CT molecular complexity index is 1420. The van der Waals surface area contributed by atoms with Crippen molar-refractivity contribution in [3.63, 3.8) is 0 Å². The summed E-state index contributed by atoms with van der Waals surface area (Å²) in [6.45, 7) is 3.80. The van der Waals surface area contributed by atoms with Gasteiger partial charge in [-0.2, -0.15) is 0 Å². The Morgan fingerprint density at radius 1 is 0.407 bits per heavy atom. The molecule has 1 aliphatic rings. The van der Waals surface area contributed by atoms with Gasteiger partial charge in [0.1, 0.15) is 24.4 Å². The summed E-state index contributed by atoms with van der Waals surface area (Å²) in [5.74, 6) is -0.185. The molecule has 0 aromatic carbocycles. The lowest BCUT2D eigenvalue weighted by Crippen LogP contribution is -2.60. The predicted molar refractivity (Wildman–Crippen MR) is 346 cm³/mol. The third kappa shape index (κ3) is 50.1. The van der Waals surface area contributed by atoms with Crippen molar-refractivity contribution in [3.8, 4) is 0 Å².